The third-order valence-corrected chi connectivity index (χ3v) is 3.37. The molecule has 2 rings (SSSR count). The molecular weight excluding hydrogens is 311 g/mol. The summed E-state index contributed by atoms with van der Waals surface area (Å²) >= 11 is 3.42. The van der Waals surface area contributed by atoms with Crippen molar-refractivity contribution < 1.29 is 13.9 Å². The van der Waals surface area contributed by atoms with Crippen LogP contribution in [0.3, 0.4) is 0 Å². The smallest absolute Gasteiger partial charge is 0.133 e. The predicted octanol–water partition coefficient (Wildman–Crippen LogP) is 4.48. The van der Waals surface area contributed by atoms with Crippen LogP contribution in [0.15, 0.2) is 40.9 Å². The minimum Gasteiger partial charge on any atom is -0.496 e. The molecule has 0 radical (unpaired) electrons. The lowest BCUT2D eigenvalue weighted by atomic mass is 10.2. The van der Waals surface area contributed by atoms with Crippen molar-refractivity contribution in [3.63, 3.8) is 0 Å². The number of hydrogen-bond donors (Lipinski definition) is 0. The summed E-state index contributed by atoms with van der Waals surface area (Å²) in [5, 5.41) is 0. The molecular formula is C15H14BrFO2. The SMILES string of the molecule is COc1ccc(COc2ccc(F)c(C)c2)cc1Br. The van der Waals surface area contributed by atoms with Crippen LogP contribution >= 0.6 is 15.9 Å². The van der Waals surface area contributed by atoms with Gasteiger partial charge in [0.15, 0.2) is 0 Å². The fraction of sp³-hybridized carbons (Fsp3) is 0.200. The van der Waals surface area contributed by atoms with Crippen LogP contribution in [0.25, 0.3) is 0 Å². The van der Waals surface area contributed by atoms with E-state index in [0.717, 1.165) is 15.8 Å². The van der Waals surface area contributed by atoms with Crippen molar-refractivity contribution in [2.75, 3.05) is 7.11 Å². The second-order valence-corrected chi connectivity index (χ2v) is 5.02. The highest BCUT2D eigenvalue weighted by atomic mass is 79.9. The van der Waals surface area contributed by atoms with Crippen LogP contribution in [-0.4, -0.2) is 7.11 Å². The van der Waals surface area contributed by atoms with Gasteiger partial charge >= 0.3 is 0 Å². The van der Waals surface area contributed by atoms with E-state index < -0.39 is 0 Å². The summed E-state index contributed by atoms with van der Waals surface area (Å²) in [5.41, 5.74) is 1.59. The highest BCUT2D eigenvalue weighted by molar-refractivity contribution is 9.10. The van der Waals surface area contributed by atoms with Crippen LogP contribution in [0, 0.1) is 12.7 Å². The Morgan fingerprint density at radius 2 is 1.95 bits per heavy atom. The molecule has 0 N–H and O–H groups in total. The van der Waals surface area contributed by atoms with E-state index in [2.05, 4.69) is 15.9 Å². The number of aryl methyl sites for hydroxylation is 1. The number of benzene rings is 2. The zero-order valence-corrected chi connectivity index (χ0v) is 12.3. The molecule has 100 valence electrons. The second kappa shape index (κ2) is 6.06. The van der Waals surface area contributed by atoms with Crippen molar-refractivity contribution in [3.05, 3.63) is 57.8 Å². The summed E-state index contributed by atoms with van der Waals surface area (Å²) in [4.78, 5) is 0. The molecule has 0 atom stereocenters. The lowest BCUT2D eigenvalue weighted by Crippen LogP contribution is -1.97. The van der Waals surface area contributed by atoms with Gasteiger partial charge in [-0.05, 0) is 64.3 Å². The lowest BCUT2D eigenvalue weighted by Gasteiger charge is -2.09. The molecule has 2 aromatic carbocycles. The minimum atomic E-state index is -0.223. The Labute approximate surface area is 120 Å². The van der Waals surface area contributed by atoms with Crippen LogP contribution in [-0.2, 0) is 6.61 Å². The molecule has 19 heavy (non-hydrogen) atoms. The van der Waals surface area contributed by atoms with E-state index in [0.29, 0.717) is 17.9 Å². The van der Waals surface area contributed by atoms with Gasteiger partial charge in [0.1, 0.15) is 23.9 Å². The summed E-state index contributed by atoms with van der Waals surface area (Å²) in [6, 6.07) is 10.5. The third kappa shape index (κ3) is 3.47. The fourth-order valence-electron chi connectivity index (χ4n) is 1.67. The Bertz CT molecular complexity index is 584. The molecule has 0 aliphatic carbocycles. The van der Waals surface area contributed by atoms with Gasteiger partial charge in [-0.1, -0.05) is 6.07 Å². The van der Waals surface area contributed by atoms with E-state index in [4.69, 9.17) is 9.47 Å². The quantitative estimate of drug-likeness (QED) is 0.825. The summed E-state index contributed by atoms with van der Waals surface area (Å²) in [6.45, 7) is 2.14. The minimum absolute atomic E-state index is 0.223. The van der Waals surface area contributed by atoms with Gasteiger partial charge in [-0.2, -0.15) is 0 Å². The van der Waals surface area contributed by atoms with Crippen LogP contribution in [0.1, 0.15) is 11.1 Å². The number of halogens is 2. The van der Waals surface area contributed by atoms with Gasteiger partial charge in [0, 0.05) is 0 Å². The van der Waals surface area contributed by atoms with Gasteiger partial charge in [0.2, 0.25) is 0 Å². The highest BCUT2D eigenvalue weighted by Crippen LogP contribution is 2.26. The number of rotatable bonds is 4. The van der Waals surface area contributed by atoms with E-state index in [9.17, 15) is 4.39 Å². The summed E-state index contributed by atoms with van der Waals surface area (Å²) in [7, 11) is 1.62. The van der Waals surface area contributed by atoms with Gasteiger partial charge in [0.25, 0.3) is 0 Å². The van der Waals surface area contributed by atoms with Crippen LogP contribution in [0.5, 0.6) is 11.5 Å². The van der Waals surface area contributed by atoms with Crippen molar-refractivity contribution in [1.29, 1.82) is 0 Å². The standard InChI is InChI=1S/C15H14BrFO2/c1-10-7-12(4-5-14(10)17)19-9-11-3-6-15(18-2)13(16)8-11/h3-8H,9H2,1-2H3. The van der Waals surface area contributed by atoms with Crippen LogP contribution in [0.4, 0.5) is 4.39 Å². The van der Waals surface area contributed by atoms with E-state index in [1.807, 2.05) is 18.2 Å². The monoisotopic (exact) mass is 324 g/mol. The van der Waals surface area contributed by atoms with Crippen molar-refractivity contribution in [2.45, 2.75) is 13.5 Å². The molecule has 0 saturated carbocycles. The van der Waals surface area contributed by atoms with E-state index in [1.165, 1.54) is 6.07 Å². The average Bonchev–Trinajstić information content (AvgIpc) is 2.40. The van der Waals surface area contributed by atoms with E-state index in [-0.39, 0.29) is 5.82 Å². The molecule has 0 aromatic heterocycles. The first-order valence-corrected chi connectivity index (χ1v) is 6.61. The lowest BCUT2D eigenvalue weighted by molar-refractivity contribution is 0.305. The van der Waals surface area contributed by atoms with Crippen molar-refractivity contribution >= 4 is 15.9 Å². The topological polar surface area (TPSA) is 18.5 Å². The van der Waals surface area contributed by atoms with Crippen molar-refractivity contribution in [1.82, 2.24) is 0 Å². The normalized spacial score (nSPS) is 10.3. The van der Waals surface area contributed by atoms with Gasteiger partial charge < -0.3 is 9.47 Å². The fourth-order valence-corrected chi connectivity index (χ4v) is 2.26. The van der Waals surface area contributed by atoms with E-state index in [1.54, 1.807) is 26.2 Å². The Kier molecular flexibility index (Phi) is 4.43. The molecule has 0 bridgehead atoms. The van der Waals surface area contributed by atoms with Crippen molar-refractivity contribution in [2.24, 2.45) is 0 Å². The first-order chi connectivity index (χ1) is 9.10. The van der Waals surface area contributed by atoms with Crippen molar-refractivity contribution in [3.8, 4) is 11.5 Å². The van der Waals surface area contributed by atoms with Crippen LogP contribution in [0.2, 0.25) is 0 Å². The maximum atomic E-state index is 13.1. The maximum absolute atomic E-state index is 13.1. The van der Waals surface area contributed by atoms with Gasteiger partial charge in [-0.25, -0.2) is 4.39 Å². The predicted molar refractivity (Wildman–Crippen MR) is 76.2 cm³/mol. The molecule has 2 aromatic rings. The Balaban J connectivity index is 2.05. The van der Waals surface area contributed by atoms with Crippen LogP contribution < -0.4 is 9.47 Å². The summed E-state index contributed by atoms with van der Waals surface area (Å²) < 4.78 is 24.8. The number of ether oxygens (including phenoxy) is 2. The largest absolute Gasteiger partial charge is 0.496 e. The molecule has 0 saturated heterocycles. The molecule has 0 unspecified atom stereocenters. The van der Waals surface area contributed by atoms with Gasteiger partial charge in [-0.15, -0.1) is 0 Å². The first kappa shape index (κ1) is 13.9. The third-order valence-electron chi connectivity index (χ3n) is 2.75. The molecule has 0 aliphatic rings. The zero-order chi connectivity index (χ0) is 13.8. The zero-order valence-electron chi connectivity index (χ0n) is 10.7. The molecule has 0 heterocycles. The first-order valence-electron chi connectivity index (χ1n) is 5.81. The van der Waals surface area contributed by atoms with Gasteiger partial charge in [-0.3, -0.25) is 0 Å². The Morgan fingerprint density at radius 3 is 2.58 bits per heavy atom. The molecule has 4 heteroatoms. The average molecular weight is 325 g/mol. The summed E-state index contributed by atoms with van der Waals surface area (Å²) in [5.74, 6) is 1.21. The maximum Gasteiger partial charge on any atom is 0.133 e. The second-order valence-electron chi connectivity index (χ2n) is 4.17. The number of methoxy groups -OCH3 is 1. The Morgan fingerprint density at radius 1 is 1.16 bits per heavy atom. The van der Waals surface area contributed by atoms with Gasteiger partial charge in [0.05, 0.1) is 11.6 Å². The highest BCUT2D eigenvalue weighted by Gasteiger charge is 2.03. The Hall–Kier alpha value is -1.55. The molecule has 0 spiro atoms. The molecule has 0 amide bonds. The molecule has 0 aliphatic heterocycles. The summed E-state index contributed by atoms with van der Waals surface area (Å²) in [6.07, 6.45) is 0. The van der Waals surface area contributed by atoms with E-state index >= 15 is 0 Å². The molecule has 2 nitrogen and oxygen atoms in total. The number of hydrogen-bond acceptors (Lipinski definition) is 2. The molecule has 0 fully saturated rings.